The van der Waals surface area contributed by atoms with Gasteiger partial charge in [0.05, 0.1) is 0 Å². The van der Waals surface area contributed by atoms with Gasteiger partial charge >= 0.3 is 0 Å². The maximum atomic E-state index is 12.1. The van der Waals surface area contributed by atoms with Gasteiger partial charge in [-0.3, -0.25) is 9.59 Å². The first kappa shape index (κ1) is 14.2. The topological polar surface area (TPSA) is 49.4 Å². The number of hydrogen-bond donors (Lipinski definition) is 1. The van der Waals surface area contributed by atoms with Gasteiger partial charge < -0.3 is 10.2 Å². The second-order valence-corrected chi connectivity index (χ2v) is 4.72. The molecule has 4 nitrogen and oxygen atoms in total. The molecule has 0 saturated carbocycles. The summed E-state index contributed by atoms with van der Waals surface area (Å²) >= 11 is 0. The zero-order chi connectivity index (χ0) is 13.9. The van der Waals surface area contributed by atoms with Crippen molar-refractivity contribution in [3.8, 4) is 0 Å². The zero-order valence-electron chi connectivity index (χ0n) is 11.6. The van der Waals surface area contributed by atoms with Gasteiger partial charge in [0, 0.05) is 31.3 Å². The summed E-state index contributed by atoms with van der Waals surface area (Å²) in [5, 5.41) is 2.73. The van der Waals surface area contributed by atoms with Crippen molar-refractivity contribution in [3.05, 3.63) is 29.3 Å². The van der Waals surface area contributed by atoms with E-state index < -0.39 is 0 Å². The first-order valence-electron chi connectivity index (χ1n) is 5.98. The van der Waals surface area contributed by atoms with Crippen LogP contribution in [0, 0.1) is 6.92 Å². The van der Waals surface area contributed by atoms with Crippen molar-refractivity contribution in [1.82, 2.24) is 4.90 Å². The molecule has 0 aliphatic carbocycles. The molecule has 1 aromatic carbocycles. The van der Waals surface area contributed by atoms with E-state index in [1.165, 1.54) is 6.92 Å². The summed E-state index contributed by atoms with van der Waals surface area (Å²) in [6.45, 7) is 7.27. The molecule has 18 heavy (non-hydrogen) atoms. The van der Waals surface area contributed by atoms with Crippen LogP contribution in [0.25, 0.3) is 0 Å². The Balaban J connectivity index is 3.04. The Labute approximate surface area is 108 Å². The van der Waals surface area contributed by atoms with E-state index in [0.717, 1.165) is 5.56 Å². The van der Waals surface area contributed by atoms with Crippen molar-refractivity contribution in [2.24, 2.45) is 0 Å². The lowest BCUT2D eigenvalue weighted by Gasteiger charge is -2.22. The fourth-order valence-corrected chi connectivity index (χ4v) is 1.52. The van der Waals surface area contributed by atoms with Crippen molar-refractivity contribution in [2.75, 3.05) is 12.4 Å². The largest absolute Gasteiger partial charge is 0.339 e. The molecule has 1 N–H and O–H groups in total. The zero-order valence-corrected chi connectivity index (χ0v) is 11.6. The maximum Gasteiger partial charge on any atom is 0.253 e. The van der Waals surface area contributed by atoms with Crippen molar-refractivity contribution in [2.45, 2.75) is 33.7 Å². The molecule has 0 spiro atoms. The van der Waals surface area contributed by atoms with E-state index in [2.05, 4.69) is 5.32 Å². The van der Waals surface area contributed by atoms with Crippen molar-refractivity contribution < 1.29 is 9.59 Å². The highest BCUT2D eigenvalue weighted by Gasteiger charge is 2.15. The number of nitrogens with zero attached hydrogens (tertiary/aromatic N) is 1. The van der Waals surface area contributed by atoms with Gasteiger partial charge in [-0.1, -0.05) is 6.07 Å². The number of nitrogens with one attached hydrogen (secondary N) is 1. The fourth-order valence-electron chi connectivity index (χ4n) is 1.52. The van der Waals surface area contributed by atoms with Crippen LogP contribution < -0.4 is 5.32 Å². The maximum absolute atomic E-state index is 12.1. The van der Waals surface area contributed by atoms with Crippen LogP contribution in [0.2, 0.25) is 0 Å². The third kappa shape index (κ3) is 3.32. The van der Waals surface area contributed by atoms with Gasteiger partial charge in [-0.15, -0.1) is 0 Å². The van der Waals surface area contributed by atoms with E-state index in [4.69, 9.17) is 0 Å². The summed E-state index contributed by atoms with van der Waals surface area (Å²) in [7, 11) is 1.77. The van der Waals surface area contributed by atoms with Gasteiger partial charge in [-0.2, -0.15) is 0 Å². The van der Waals surface area contributed by atoms with Crippen LogP contribution in [0.3, 0.4) is 0 Å². The Morgan fingerprint density at radius 3 is 2.39 bits per heavy atom. The van der Waals surface area contributed by atoms with Crippen LogP contribution in [0.15, 0.2) is 18.2 Å². The summed E-state index contributed by atoms with van der Waals surface area (Å²) < 4.78 is 0. The molecule has 1 aromatic rings. The van der Waals surface area contributed by atoms with E-state index in [-0.39, 0.29) is 17.9 Å². The van der Waals surface area contributed by atoms with E-state index in [1.54, 1.807) is 24.1 Å². The SMILES string of the molecule is CC(=O)Nc1cc(C(=O)N(C)C(C)C)ccc1C. The molecular formula is C14H20N2O2. The van der Waals surface area contributed by atoms with Gasteiger partial charge in [0.15, 0.2) is 0 Å². The molecule has 98 valence electrons. The Morgan fingerprint density at radius 2 is 1.89 bits per heavy atom. The number of carbonyl (C=O) groups is 2. The van der Waals surface area contributed by atoms with Crippen molar-refractivity contribution >= 4 is 17.5 Å². The minimum absolute atomic E-state index is 0.0448. The van der Waals surface area contributed by atoms with E-state index >= 15 is 0 Å². The molecule has 0 bridgehead atoms. The van der Waals surface area contributed by atoms with E-state index in [9.17, 15) is 9.59 Å². The molecule has 0 heterocycles. The highest BCUT2D eigenvalue weighted by atomic mass is 16.2. The molecule has 0 aliphatic rings. The lowest BCUT2D eigenvalue weighted by molar-refractivity contribution is -0.114. The summed E-state index contributed by atoms with van der Waals surface area (Å²) in [6, 6.07) is 5.48. The second-order valence-electron chi connectivity index (χ2n) is 4.72. The first-order valence-corrected chi connectivity index (χ1v) is 5.98. The number of rotatable bonds is 3. The Bertz CT molecular complexity index is 467. The highest BCUT2D eigenvalue weighted by molar-refractivity contribution is 5.97. The summed E-state index contributed by atoms with van der Waals surface area (Å²) in [4.78, 5) is 24.9. The monoisotopic (exact) mass is 248 g/mol. The molecular weight excluding hydrogens is 228 g/mol. The van der Waals surface area contributed by atoms with Crippen LogP contribution >= 0.6 is 0 Å². The number of hydrogen-bond acceptors (Lipinski definition) is 2. The third-order valence-corrected chi connectivity index (χ3v) is 2.89. The average Bonchev–Trinajstić information content (AvgIpc) is 2.29. The standard InChI is InChI=1S/C14H20N2O2/c1-9(2)16(5)14(18)12-7-6-10(3)13(8-12)15-11(4)17/h6-9H,1-5H3,(H,15,17). The fraction of sp³-hybridized carbons (Fsp3) is 0.429. The molecule has 0 fully saturated rings. The minimum atomic E-state index is -0.139. The Kier molecular flexibility index (Phi) is 4.48. The van der Waals surface area contributed by atoms with Gasteiger partial charge in [0.1, 0.15) is 0 Å². The van der Waals surface area contributed by atoms with Gasteiger partial charge in [0.25, 0.3) is 5.91 Å². The molecule has 2 amide bonds. The van der Waals surface area contributed by atoms with E-state index in [1.807, 2.05) is 26.8 Å². The van der Waals surface area contributed by atoms with E-state index in [0.29, 0.717) is 11.3 Å². The minimum Gasteiger partial charge on any atom is -0.339 e. The normalized spacial score (nSPS) is 10.3. The molecule has 0 aliphatic heterocycles. The quantitative estimate of drug-likeness (QED) is 0.893. The molecule has 1 rings (SSSR count). The lowest BCUT2D eigenvalue weighted by Crippen LogP contribution is -2.33. The van der Waals surface area contributed by atoms with Crippen LogP contribution in [-0.2, 0) is 4.79 Å². The van der Waals surface area contributed by atoms with Crippen LogP contribution in [-0.4, -0.2) is 29.8 Å². The van der Waals surface area contributed by atoms with Gasteiger partial charge in [0.2, 0.25) is 5.91 Å². The lowest BCUT2D eigenvalue weighted by atomic mass is 10.1. The molecule has 0 aromatic heterocycles. The van der Waals surface area contributed by atoms with Gasteiger partial charge in [-0.05, 0) is 38.5 Å². The van der Waals surface area contributed by atoms with Crippen LogP contribution in [0.5, 0.6) is 0 Å². The molecule has 0 atom stereocenters. The number of carbonyl (C=O) groups excluding carboxylic acids is 2. The number of anilines is 1. The van der Waals surface area contributed by atoms with Gasteiger partial charge in [-0.25, -0.2) is 0 Å². The molecule has 0 saturated heterocycles. The third-order valence-electron chi connectivity index (χ3n) is 2.89. The summed E-state index contributed by atoms with van der Waals surface area (Å²) in [5.41, 5.74) is 2.21. The number of benzene rings is 1. The van der Waals surface area contributed by atoms with Crippen molar-refractivity contribution in [1.29, 1.82) is 0 Å². The first-order chi connectivity index (χ1) is 8.32. The summed E-state index contributed by atoms with van der Waals surface area (Å²) in [6.07, 6.45) is 0. The Hall–Kier alpha value is -1.84. The average molecular weight is 248 g/mol. The van der Waals surface area contributed by atoms with Crippen LogP contribution in [0.4, 0.5) is 5.69 Å². The molecule has 0 radical (unpaired) electrons. The van der Waals surface area contributed by atoms with Crippen LogP contribution in [0.1, 0.15) is 36.7 Å². The Morgan fingerprint density at radius 1 is 1.28 bits per heavy atom. The predicted octanol–water partition coefficient (Wildman–Crippen LogP) is 2.43. The number of amides is 2. The van der Waals surface area contributed by atoms with Crippen molar-refractivity contribution in [3.63, 3.8) is 0 Å². The summed E-state index contributed by atoms with van der Waals surface area (Å²) in [5.74, 6) is -0.184. The number of aryl methyl sites for hydroxylation is 1. The molecule has 4 heteroatoms. The predicted molar refractivity (Wildman–Crippen MR) is 72.7 cm³/mol. The molecule has 0 unspecified atom stereocenters. The smallest absolute Gasteiger partial charge is 0.253 e. The highest BCUT2D eigenvalue weighted by Crippen LogP contribution is 2.18. The second kappa shape index (κ2) is 5.67.